The van der Waals surface area contributed by atoms with Gasteiger partial charge in [0.05, 0.1) is 16.4 Å². The molecule has 1 heterocycles. The molecule has 0 aliphatic carbocycles. The van der Waals surface area contributed by atoms with Crippen LogP contribution in [0.2, 0.25) is 5.02 Å². The third-order valence-electron chi connectivity index (χ3n) is 3.46. The van der Waals surface area contributed by atoms with Crippen molar-refractivity contribution in [2.24, 2.45) is 0 Å². The lowest BCUT2D eigenvalue weighted by Crippen LogP contribution is -2.45. The number of benzene rings is 1. The first-order valence-electron chi connectivity index (χ1n) is 6.05. The van der Waals surface area contributed by atoms with E-state index in [4.69, 9.17) is 17.3 Å². The van der Waals surface area contributed by atoms with Crippen LogP contribution >= 0.6 is 11.6 Å². The summed E-state index contributed by atoms with van der Waals surface area (Å²) < 4.78 is 0. The molecule has 0 aromatic heterocycles. The number of piperidine rings is 1. The van der Waals surface area contributed by atoms with E-state index in [2.05, 4.69) is 23.9 Å². The van der Waals surface area contributed by atoms with Gasteiger partial charge in [0.2, 0.25) is 0 Å². The number of nitrogens with zero attached hydrogens (tertiary/aromatic N) is 2. The average Bonchev–Trinajstić information content (AvgIpc) is 2.29. The smallest absolute Gasteiger partial charge is 0.0789 e. The van der Waals surface area contributed by atoms with Crippen LogP contribution in [-0.4, -0.2) is 38.1 Å². The Hall–Kier alpha value is -0.930. The molecule has 0 spiro atoms. The lowest BCUT2D eigenvalue weighted by Gasteiger charge is -2.38. The highest BCUT2D eigenvalue weighted by Crippen LogP contribution is 2.33. The molecule has 0 radical (unpaired) electrons. The van der Waals surface area contributed by atoms with E-state index >= 15 is 0 Å². The molecule has 1 aliphatic heterocycles. The van der Waals surface area contributed by atoms with Gasteiger partial charge in [0, 0.05) is 19.1 Å². The van der Waals surface area contributed by atoms with E-state index in [0.717, 1.165) is 29.5 Å². The molecule has 1 aliphatic rings. The monoisotopic (exact) mass is 253 g/mol. The number of para-hydroxylation sites is 1. The van der Waals surface area contributed by atoms with Gasteiger partial charge in [-0.05, 0) is 39.1 Å². The molecule has 1 aromatic carbocycles. The fourth-order valence-corrected chi connectivity index (χ4v) is 2.75. The van der Waals surface area contributed by atoms with E-state index in [0.29, 0.717) is 6.04 Å². The molecule has 2 rings (SSSR count). The van der Waals surface area contributed by atoms with Gasteiger partial charge in [0.15, 0.2) is 0 Å². The van der Waals surface area contributed by atoms with Gasteiger partial charge in [-0.25, -0.2) is 0 Å². The molecule has 4 heteroatoms. The maximum atomic E-state index is 6.25. The van der Waals surface area contributed by atoms with Crippen LogP contribution in [-0.2, 0) is 0 Å². The second-order valence-corrected chi connectivity index (χ2v) is 5.29. The number of hydrogen-bond donors (Lipinski definition) is 1. The van der Waals surface area contributed by atoms with Gasteiger partial charge in [0.1, 0.15) is 0 Å². The first-order chi connectivity index (χ1) is 8.09. The van der Waals surface area contributed by atoms with E-state index < -0.39 is 0 Å². The SMILES string of the molecule is CN(C)C1CCCN(c2c(N)cccc2Cl)C1. The van der Waals surface area contributed by atoms with E-state index in [1.54, 1.807) is 0 Å². The van der Waals surface area contributed by atoms with Crippen LogP contribution in [0.15, 0.2) is 18.2 Å². The van der Waals surface area contributed by atoms with Crippen LogP contribution in [0.3, 0.4) is 0 Å². The minimum atomic E-state index is 0.583. The topological polar surface area (TPSA) is 32.5 Å². The summed E-state index contributed by atoms with van der Waals surface area (Å²) in [7, 11) is 4.26. The molecule has 94 valence electrons. The van der Waals surface area contributed by atoms with Crippen LogP contribution < -0.4 is 10.6 Å². The third-order valence-corrected chi connectivity index (χ3v) is 3.77. The largest absolute Gasteiger partial charge is 0.397 e. The number of halogens is 1. The molecule has 3 nitrogen and oxygen atoms in total. The summed E-state index contributed by atoms with van der Waals surface area (Å²) in [4.78, 5) is 4.59. The summed E-state index contributed by atoms with van der Waals surface area (Å²) in [5.41, 5.74) is 7.81. The van der Waals surface area contributed by atoms with Crippen LogP contribution in [0.1, 0.15) is 12.8 Å². The third kappa shape index (κ3) is 2.67. The zero-order valence-corrected chi connectivity index (χ0v) is 11.2. The minimum absolute atomic E-state index is 0.583. The quantitative estimate of drug-likeness (QED) is 0.822. The highest BCUT2D eigenvalue weighted by Gasteiger charge is 2.23. The summed E-state index contributed by atoms with van der Waals surface area (Å²) in [6, 6.07) is 6.31. The standard InChI is InChI=1S/C13H20ClN3/c1-16(2)10-5-4-8-17(9-10)13-11(14)6-3-7-12(13)15/h3,6-7,10H,4-5,8-9,15H2,1-2H3. The van der Waals surface area contributed by atoms with Gasteiger partial charge in [-0.1, -0.05) is 17.7 Å². The highest BCUT2D eigenvalue weighted by atomic mass is 35.5. The van der Waals surface area contributed by atoms with Crippen molar-refractivity contribution in [1.29, 1.82) is 0 Å². The Kier molecular flexibility index (Phi) is 3.79. The van der Waals surface area contributed by atoms with Crippen LogP contribution in [0.5, 0.6) is 0 Å². The first-order valence-corrected chi connectivity index (χ1v) is 6.42. The lowest BCUT2D eigenvalue weighted by atomic mass is 10.0. The molecule has 2 N–H and O–H groups in total. The zero-order valence-electron chi connectivity index (χ0n) is 10.5. The summed E-state index contributed by atoms with van der Waals surface area (Å²) in [5, 5.41) is 0.754. The van der Waals surface area contributed by atoms with Gasteiger partial charge in [-0.3, -0.25) is 0 Å². The zero-order chi connectivity index (χ0) is 12.4. The van der Waals surface area contributed by atoms with Crippen molar-refractivity contribution < 1.29 is 0 Å². The predicted molar refractivity (Wildman–Crippen MR) is 74.8 cm³/mol. The number of anilines is 2. The van der Waals surface area contributed by atoms with Crippen LogP contribution in [0, 0.1) is 0 Å². The predicted octanol–water partition coefficient (Wildman–Crippen LogP) is 2.45. The number of likely N-dealkylation sites (N-methyl/N-ethyl adjacent to an activating group) is 1. The van der Waals surface area contributed by atoms with Gasteiger partial charge < -0.3 is 15.5 Å². The van der Waals surface area contributed by atoms with Crippen LogP contribution in [0.4, 0.5) is 11.4 Å². The van der Waals surface area contributed by atoms with Gasteiger partial charge in [-0.15, -0.1) is 0 Å². The summed E-state index contributed by atoms with van der Waals surface area (Å²) in [6.07, 6.45) is 2.43. The lowest BCUT2D eigenvalue weighted by molar-refractivity contribution is 0.258. The molecular formula is C13H20ClN3. The van der Waals surface area contributed by atoms with Crippen molar-refractivity contribution in [3.05, 3.63) is 23.2 Å². The molecule has 0 bridgehead atoms. The van der Waals surface area contributed by atoms with Gasteiger partial charge >= 0.3 is 0 Å². The van der Waals surface area contributed by atoms with Crippen molar-refractivity contribution in [3.63, 3.8) is 0 Å². The average molecular weight is 254 g/mol. The first kappa shape index (κ1) is 12.5. The maximum Gasteiger partial charge on any atom is 0.0789 e. The van der Waals surface area contributed by atoms with E-state index in [1.165, 1.54) is 12.8 Å². The second-order valence-electron chi connectivity index (χ2n) is 4.88. The Morgan fingerprint density at radius 2 is 2.18 bits per heavy atom. The van der Waals surface area contributed by atoms with E-state index in [9.17, 15) is 0 Å². The molecular weight excluding hydrogens is 234 g/mol. The van der Waals surface area contributed by atoms with Crippen molar-refractivity contribution >= 4 is 23.0 Å². The van der Waals surface area contributed by atoms with E-state index in [1.807, 2.05) is 18.2 Å². The summed E-state index contributed by atoms with van der Waals surface area (Å²) in [5.74, 6) is 0. The number of hydrogen-bond acceptors (Lipinski definition) is 3. The number of nitrogen functional groups attached to an aromatic ring is 1. The van der Waals surface area contributed by atoms with Gasteiger partial charge in [-0.2, -0.15) is 0 Å². The normalized spacial score (nSPS) is 20.9. The van der Waals surface area contributed by atoms with Crippen molar-refractivity contribution in [1.82, 2.24) is 4.90 Å². The van der Waals surface area contributed by atoms with Crippen molar-refractivity contribution in [2.45, 2.75) is 18.9 Å². The fraction of sp³-hybridized carbons (Fsp3) is 0.538. The Labute approximate surface area is 108 Å². The number of rotatable bonds is 2. The molecule has 1 fully saturated rings. The molecule has 17 heavy (non-hydrogen) atoms. The maximum absolute atomic E-state index is 6.25. The molecule has 0 saturated carbocycles. The molecule has 1 aromatic rings. The highest BCUT2D eigenvalue weighted by molar-refractivity contribution is 6.34. The summed E-state index contributed by atoms with van der Waals surface area (Å²) >= 11 is 6.25. The fourth-order valence-electron chi connectivity index (χ4n) is 2.44. The molecule has 1 saturated heterocycles. The van der Waals surface area contributed by atoms with Crippen LogP contribution in [0.25, 0.3) is 0 Å². The molecule has 1 unspecified atom stereocenters. The molecule has 0 amide bonds. The second kappa shape index (κ2) is 5.15. The summed E-state index contributed by atoms with van der Waals surface area (Å²) in [6.45, 7) is 2.04. The molecule has 1 atom stereocenters. The van der Waals surface area contributed by atoms with Gasteiger partial charge in [0.25, 0.3) is 0 Å². The minimum Gasteiger partial charge on any atom is -0.397 e. The Balaban J connectivity index is 2.22. The Morgan fingerprint density at radius 1 is 1.41 bits per heavy atom. The Morgan fingerprint density at radius 3 is 2.82 bits per heavy atom. The van der Waals surface area contributed by atoms with Crippen molar-refractivity contribution in [2.75, 3.05) is 37.8 Å². The Bertz CT molecular complexity index is 372. The van der Waals surface area contributed by atoms with E-state index in [-0.39, 0.29) is 0 Å². The van der Waals surface area contributed by atoms with Crippen molar-refractivity contribution in [3.8, 4) is 0 Å². The number of nitrogens with two attached hydrogens (primary N) is 1.